The fourth-order valence-electron chi connectivity index (χ4n) is 8.86. The molecule has 0 saturated heterocycles. The molecule has 0 aromatic rings. The summed E-state index contributed by atoms with van der Waals surface area (Å²) in [5.74, 6) is -0.854. The van der Waals surface area contributed by atoms with E-state index in [2.05, 4.69) is 74.6 Å². The Morgan fingerprint density at radius 1 is 0.425 bits per heavy atom. The van der Waals surface area contributed by atoms with Crippen molar-refractivity contribution in [3.05, 3.63) is 60.8 Å². The minimum Gasteiger partial charge on any atom is -0.462 e. The average molecular weight is 1050 g/mol. The zero-order valence-corrected chi connectivity index (χ0v) is 48.5. The highest BCUT2D eigenvalue weighted by atomic mass is 31.2. The number of carbonyl (C=O) groups excluding carboxylic acids is 2. The van der Waals surface area contributed by atoms with Crippen LogP contribution in [0.1, 0.15) is 296 Å². The summed E-state index contributed by atoms with van der Waals surface area (Å²) in [6.45, 7) is 3.60. The number of phosphoric acid groups is 1. The molecule has 0 spiro atoms. The van der Waals surface area contributed by atoms with Crippen molar-refractivity contribution in [2.45, 2.75) is 302 Å². The summed E-state index contributed by atoms with van der Waals surface area (Å²) >= 11 is 0. The van der Waals surface area contributed by atoms with Crippen LogP contribution in [0.15, 0.2) is 60.8 Å². The number of unbranched alkanes of at least 4 members (excludes halogenated alkanes) is 35. The maximum atomic E-state index is 12.6. The van der Waals surface area contributed by atoms with Crippen molar-refractivity contribution >= 4 is 19.8 Å². The van der Waals surface area contributed by atoms with Crippen LogP contribution in [-0.4, -0.2) is 49.3 Å². The molecule has 0 saturated carbocycles. The third-order valence-corrected chi connectivity index (χ3v) is 14.4. The van der Waals surface area contributed by atoms with Crippen LogP contribution in [0.2, 0.25) is 0 Å². The highest BCUT2D eigenvalue weighted by Gasteiger charge is 2.26. The monoisotopic (exact) mass is 1050 g/mol. The maximum Gasteiger partial charge on any atom is 0.472 e. The molecular formula is C63H116NO8P. The van der Waals surface area contributed by atoms with Gasteiger partial charge in [0, 0.05) is 19.4 Å². The largest absolute Gasteiger partial charge is 0.472 e. The van der Waals surface area contributed by atoms with Gasteiger partial charge < -0.3 is 20.1 Å². The lowest BCUT2D eigenvalue weighted by atomic mass is 10.0. The molecule has 0 radical (unpaired) electrons. The lowest BCUT2D eigenvalue weighted by molar-refractivity contribution is -0.161. The number of carbonyl (C=O) groups is 2. The van der Waals surface area contributed by atoms with E-state index in [9.17, 15) is 19.0 Å². The van der Waals surface area contributed by atoms with E-state index in [1.807, 2.05) is 0 Å². The number of phosphoric ester groups is 1. The van der Waals surface area contributed by atoms with Crippen molar-refractivity contribution in [3.63, 3.8) is 0 Å². The second-order valence-corrected chi connectivity index (χ2v) is 22.0. The van der Waals surface area contributed by atoms with Crippen LogP contribution in [-0.2, 0) is 32.7 Å². The molecule has 426 valence electrons. The molecule has 0 aliphatic rings. The van der Waals surface area contributed by atoms with Gasteiger partial charge in [0.2, 0.25) is 0 Å². The van der Waals surface area contributed by atoms with E-state index >= 15 is 0 Å². The first kappa shape index (κ1) is 70.7. The Balaban J connectivity index is 3.73. The van der Waals surface area contributed by atoms with Crippen LogP contribution in [0.4, 0.5) is 0 Å². The van der Waals surface area contributed by atoms with Crippen molar-refractivity contribution in [1.29, 1.82) is 0 Å². The first-order chi connectivity index (χ1) is 35.8. The Kier molecular flexibility index (Phi) is 57.1. The summed E-state index contributed by atoms with van der Waals surface area (Å²) in [6.07, 6.45) is 74.8. The molecule has 0 bridgehead atoms. The number of rotatable bonds is 58. The molecule has 0 aromatic heterocycles. The van der Waals surface area contributed by atoms with E-state index in [4.69, 9.17) is 24.3 Å². The molecule has 0 aliphatic heterocycles. The quantitative estimate of drug-likeness (QED) is 0.0264. The second-order valence-electron chi connectivity index (χ2n) is 20.5. The molecule has 0 rings (SSSR count). The maximum absolute atomic E-state index is 12.6. The van der Waals surface area contributed by atoms with E-state index < -0.39 is 26.5 Å². The summed E-state index contributed by atoms with van der Waals surface area (Å²) in [5, 5.41) is 0. The van der Waals surface area contributed by atoms with E-state index in [0.717, 1.165) is 64.2 Å². The summed E-state index contributed by atoms with van der Waals surface area (Å²) in [4.78, 5) is 35.1. The Morgan fingerprint density at radius 3 is 1.14 bits per heavy atom. The van der Waals surface area contributed by atoms with Crippen molar-refractivity contribution in [2.24, 2.45) is 5.73 Å². The van der Waals surface area contributed by atoms with Gasteiger partial charge in [-0.2, -0.15) is 0 Å². The predicted molar refractivity (Wildman–Crippen MR) is 312 cm³/mol. The first-order valence-electron chi connectivity index (χ1n) is 30.8. The summed E-state index contributed by atoms with van der Waals surface area (Å²) < 4.78 is 32.9. The van der Waals surface area contributed by atoms with Gasteiger partial charge >= 0.3 is 19.8 Å². The smallest absolute Gasteiger partial charge is 0.462 e. The van der Waals surface area contributed by atoms with Gasteiger partial charge in [0.1, 0.15) is 6.61 Å². The molecule has 2 unspecified atom stereocenters. The minimum atomic E-state index is -4.39. The molecule has 0 fully saturated rings. The van der Waals surface area contributed by atoms with Crippen LogP contribution >= 0.6 is 7.82 Å². The lowest BCUT2D eigenvalue weighted by Gasteiger charge is -2.19. The SMILES string of the molecule is CC/C=C\C/C=C\C/C=C\CCCCCC(=O)OC(COC(=O)CCCCCCCCCCCCCCCCCCCCCCCCCCCCC/C=C\C/C=C\CCCCCCC)COP(=O)(O)OCCN. The summed E-state index contributed by atoms with van der Waals surface area (Å²) in [6, 6.07) is 0. The summed E-state index contributed by atoms with van der Waals surface area (Å²) in [7, 11) is -4.39. The van der Waals surface area contributed by atoms with Crippen LogP contribution in [0.5, 0.6) is 0 Å². The lowest BCUT2D eigenvalue weighted by Crippen LogP contribution is -2.29. The van der Waals surface area contributed by atoms with Crippen molar-refractivity contribution in [3.8, 4) is 0 Å². The number of ether oxygens (including phenoxy) is 2. The summed E-state index contributed by atoms with van der Waals surface area (Å²) in [5.41, 5.74) is 5.37. The van der Waals surface area contributed by atoms with E-state index in [1.165, 1.54) is 199 Å². The van der Waals surface area contributed by atoms with Crippen molar-refractivity contribution in [2.75, 3.05) is 26.4 Å². The number of hydrogen-bond acceptors (Lipinski definition) is 8. The Bertz CT molecular complexity index is 1380. The highest BCUT2D eigenvalue weighted by Crippen LogP contribution is 2.43. The fraction of sp³-hybridized carbons (Fsp3) is 0.810. The normalized spacial score (nSPS) is 13.4. The highest BCUT2D eigenvalue weighted by molar-refractivity contribution is 7.47. The first-order valence-corrected chi connectivity index (χ1v) is 32.3. The van der Waals surface area contributed by atoms with Crippen molar-refractivity contribution < 1.29 is 37.6 Å². The Morgan fingerprint density at radius 2 is 0.753 bits per heavy atom. The molecule has 10 heteroatoms. The third kappa shape index (κ3) is 58.8. The molecule has 0 heterocycles. The molecule has 73 heavy (non-hydrogen) atoms. The van der Waals surface area contributed by atoms with E-state index in [1.54, 1.807) is 0 Å². The van der Waals surface area contributed by atoms with E-state index in [-0.39, 0.29) is 38.6 Å². The van der Waals surface area contributed by atoms with Gasteiger partial charge in [-0.3, -0.25) is 18.6 Å². The third-order valence-electron chi connectivity index (χ3n) is 13.4. The van der Waals surface area contributed by atoms with Crippen LogP contribution < -0.4 is 5.73 Å². The van der Waals surface area contributed by atoms with Crippen LogP contribution in [0.25, 0.3) is 0 Å². The molecular weight excluding hydrogens is 930 g/mol. The Labute approximate surface area is 450 Å². The van der Waals surface area contributed by atoms with Gasteiger partial charge in [0.05, 0.1) is 13.2 Å². The number of hydrogen-bond donors (Lipinski definition) is 2. The fourth-order valence-corrected chi connectivity index (χ4v) is 9.63. The van der Waals surface area contributed by atoms with Crippen LogP contribution in [0.3, 0.4) is 0 Å². The number of allylic oxidation sites excluding steroid dienone is 10. The zero-order valence-electron chi connectivity index (χ0n) is 47.6. The van der Waals surface area contributed by atoms with Gasteiger partial charge in [0.15, 0.2) is 6.10 Å². The van der Waals surface area contributed by atoms with Crippen LogP contribution in [0, 0.1) is 0 Å². The van der Waals surface area contributed by atoms with Gasteiger partial charge in [-0.25, -0.2) is 4.57 Å². The standard InChI is InChI=1S/C63H116NO8P/c1-3-5-7-9-11-13-15-17-18-19-20-21-22-23-24-25-26-27-28-29-30-31-32-33-34-35-36-37-38-39-40-41-42-44-45-47-49-51-53-55-62(65)69-59-61(60-71-73(67,68)70-58-57-64)72-63(66)56-54-52-50-48-46-43-16-14-12-10-8-6-4-2/h6,8,12,14-15,17,19-20,43,46,61H,3-5,7,9-11,13,16,18,21-42,44-45,47-60,64H2,1-2H3,(H,67,68)/b8-6-,14-12-,17-15-,20-19-,46-43-. The number of nitrogens with two attached hydrogens (primary N) is 1. The number of esters is 2. The topological polar surface area (TPSA) is 134 Å². The zero-order chi connectivity index (χ0) is 53.1. The molecule has 2 atom stereocenters. The average Bonchev–Trinajstić information content (AvgIpc) is 3.38. The van der Waals surface area contributed by atoms with Gasteiger partial charge in [-0.15, -0.1) is 0 Å². The minimum absolute atomic E-state index is 0.0480. The molecule has 9 nitrogen and oxygen atoms in total. The van der Waals surface area contributed by atoms with Crippen molar-refractivity contribution in [1.82, 2.24) is 0 Å². The van der Waals surface area contributed by atoms with Gasteiger partial charge in [0.25, 0.3) is 0 Å². The molecule has 3 N–H and O–H groups in total. The van der Waals surface area contributed by atoms with Gasteiger partial charge in [-0.1, -0.05) is 267 Å². The Hall–Kier alpha value is -2.29. The molecule has 0 aromatic carbocycles. The predicted octanol–water partition coefficient (Wildman–Crippen LogP) is 19.5. The molecule has 0 aliphatic carbocycles. The molecule has 0 amide bonds. The van der Waals surface area contributed by atoms with Gasteiger partial charge in [-0.05, 0) is 77.0 Å². The second kappa shape index (κ2) is 59.0. The van der Waals surface area contributed by atoms with E-state index in [0.29, 0.717) is 6.42 Å².